The Hall–Kier alpha value is -2.63. The van der Waals surface area contributed by atoms with E-state index in [0.717, 1.165) is 55.2 Å². The van der Waals surface area contributed by atoms with Gasteiger partial charge in [-0.15, -0.1) is 0 Å². The number of morpholine rings is 1. The molecule has 0 atom stereocenters. The molecule has 5 heteroatoms. The zero-order chi connectivity index (χ0) is 17.5. The number of carbonyl (C=O) groups is 1. The molecule has 0 aromatic heterocycles. The van der Waals surface area contributed by atoms with Gasteiger partial charge in [-0.05, 0) is 11.6 Å². The lowest BCUT2D eigenvalue weighted by Crippen LogP contribution is -2.35. The molecule has 3 aliphatic rings. The zero-order valence-corrected chi connectivity index (χ0v) is 14.5. The summed E-state index contributed by atoms with van der Waals surface area (Å²) in [6.07, 6.45) is 0. The van der Waals surface area contributed by atoms with Crippen molar-refractivity contribution in [3.8, 4) is 0 Å². The van der Waals surface area contributed by atoms with Crippen molar-refractivity contribution in [3.05, 3.63) is 64.7 Å². The van der Waals surface area contributed by atoms with Crippen LogP contribution in [0.5, 0.6) is 0 Å². The number of anilines is 1. The fourth-order valence-electron chi connectivity index (χ4n) is 3.88. The minimum Gasteiger partial charge on any atom is -0.487 e. The largest absolute Gasteiger partial charge is 0.487 e. The molecule has 3 heterocycles. The van der Waals surface area contributed by atoms with Crippen LogP contribution >= 0.6 is 0 Å². The van der Waals surface area contributed by atoms with Gasteiger partial charge in [0, 0.05) is 42.0 Å². The van der Waals surface area contributed by atoms with E-state index in [1.807, 2.05) is 24.3 Å². The fourth-order valence-corrected chi connectivity index (χ4v) is 3.88. The molecule has 1 N–H and O–H groups in total. The van der Waals surface area contributed by atoms with Gasteiger partial charge in [-0.2, -0.15) is 0 Å². The lowest BCUT2D eigenvalue weighted by Gasteiger charge is -2.26. The van der Waals surface area contributed by atoms with E-state index in [1.165, 1.54) is 5.56 Å². The second-order valence-electron chi connectivity index (χ2n) is 6.87. The van der Waals surface area contributed by atoms with Gasteiger partial charge in [0.1, 0.15) is 12.4 Å². The maximum atomic E-state index is 12.5. The summed E-state index contributed by atoms with van der Waals surface area (Å²) in [5.74, 6) is 0.604. The number of amides is 1. The molecular weight excluding hydrogens is 328 g/mol. The third-order valence-corrected chi connectivity index (χ3v) is 5.19. The van der Waals surface area contributed by atoms with Crippen LogP contribution in [0.3, 0.4) is 0 Å². The molecule has 3 aliphatic heterocycles. The molecule has 26 heavy (non-hydrogen) atoms. The molecule has 2 aromatic rings. The van der Waals surface area contributed by atoms with Gasteiger partial charge in [0.15, 0.2) is 0 Å². The minimum absolute atomic E-state index is 0.0913. The van der Waals surface area contributed by atoms with Gasteiger partial charge in [-0.1, -0.05) is 36.4 Å². The highest BCUT2D eigenvalue weighted by Crippen LogP contribution is 2.41. The summed E-state index contributed by atoms with van der Waals surface area (Å²) in [6, 6.07) is 14.2. The van der Waals surface area contributed by atoms with Crippen LogP contribution in [0.15, 0.2) is 42.5 Å². The summed E-state index contributed by atoms with van der Waals surface area (Å²) in [5, 5.41) is 2.93. The van der Waals surface area contributed by atoms with Crippen LogP contribution in [0.2, 0.25) is 0 Å². The van der Waals surface area contributed by atoms with E-state index in [0.29, 0.717) is 17.9 Å². The molecule has 0 saturated carbocycles. The predicted octanol–water partition coefficient (Wildman–Crippen LogP) is 2.87. The van der Waals surface area contributed by atoms with Crippen LogP contribution in [0.4, 0.5) is 5.69 Å². The highest BCUT2D eigenvalue weighted by molar-refractivity contribution is 6.36. The number of para-hydroxylation sites is 1. The summed E-state index contributed by atoms with van der Waals surface area (Å²) in [5.41, 5.74) is 5.85. The first-order valence-corrected chi connectivity index (χ1v) is 9.00. The summed E-state index contributed by atoms with van der Waals surface area (Å²) >= 11 is 0. The third kappa shape index (κ3) is 2.60. The average molecular weight is 348 g/mol. The Morgan fingerprint density at radius 3 is 2.77 bits per heavy atom. The molecule has 1 amide bonds. The molecule has 5 nitrogen and oxygen atoms in total. The number of carbonyl (C=O) groups excluding carboxylic acids is 1. The van der Waals surface area contributed by atoms with Gasteiger partial charge in [0.05, 0.1) is 18.8 Å². The van der Waals surface area contributed by atoms with Crippen molar-refractivity contribution in [2.75, 3.05) is 31.6 Å². The van der Waals surface area contributed by atoms with Crippen molar-refractivity contribution in [1.29, 1.82) is 0 Å². The van der Waals surface area contributed by atoms with Crippen LogP contribution in [0.1, 0.15) is 22.3 Å². The quantitative estimate of drug-likeness (QED) is 0.848. The molecule has 132 valence electrons. The van der Waals surface area contributed by atoms with Crippen molar-refractivity contribution in [2.45, 2.75) is 13.2 Å². The predicted molar refractivity (Wildman–Crippen MR) is 99.2 cm³/mol. The van der Waals surface area contributed by atoms with Crippen LogP contribution in [0.25, 0.3) is 11.3 Å². The number of hydrogen-bond acceptors (Lipinski definition) is 4. The van der Waals surface area contributed by atoms with Crippen molar-refractivity contribution in [2.24, 2.45) is 0 Å². The number of hydrogen-bond donors (Lipinski definition) is 1. The van der Waals surface area contributed by atoms with Gasteiger partial charge in [-0.3, -0.25) is 9.69 Å². The van der Waals surface area contributed by atoms with E-state index in [9.17, 15) is 4.79 Å². The van der Waals surface area contributed by atoms with Gasteiger partial charge in [-0.25, -0.2) is 0 Å². The molecule has 1 fully saturated rings. The summed E-state index contributed by atoms with van der Waals surface area (Å²) < 4.78 is 11.4. The maximum Gasteiger partial charge on any atom is 0.260 e. The Bertz CT molecular complexity index is 913. The van der Waals surface area contributed by atoms with E-state index in [4.69, 9.17) is 9.47 Å². The number of rotatable bonds is 2. The molecular formula is C21H20N2O3. The van der Waals surface area contributed by atoms with Crippen LogP contribution < -0.4 is 5.32 Å². The number of nitrogens with zero attached hydrogens (tertiary/aromatic N) is 1. The Morgan fingerprint density at radius 2 is 1.88 bits per heavy atom. The van der Waals surface area contributed by atoms with E-state index in [2.05, 4.69) is 28.4 Å². The van der Waals surface area contributed by atoms with Crippen molar-refractivity contribution in [1.82, 2.24) is 4.90 Å². The smallest absolute Gasteiger partial charge is 0.260 e. The highest BCUT2D eigenvalue weighted by Gasteiger charge is 2.32. The van der Waals surface area contributed by atoms with E-state index in [1.54, 1.807) is 0 Å². The number of benzene rings is 2. The van der Waals surface area contributed by atoms with E-state index in [-0.39, 0.29) is 5.91 Å². The second kappa shape index (κ2) is 6.27. The number of fused-ring (bicyclic) bond motifs is 2. The molecule has 1 saturated heterocycles. The molecule has 0 unspecified atom stereocenters. The van der Waals surface area contributed by atoms with Gasteiger partial charge in [0.2, 0.25) is 0 Å². The SMILES string of the molecule is O=C1Nc2ccccc2/C1=C1\OCc2cc(CN3CCOCC3)ccc21. The molecule has 0 radical (unpaired) electrons. The molecule has 5 rings (SSSR count). The minimum atomic E-state index is -0.0913. The van der Waals surface area contributed by atoms with Crippen LogP contribution in [0, 0.1) is 0 Å². The topological polar surface area (TPSA) is 50.8 Å². The molecule has 0 bridgehead atoms. The Morgan fingerprint density at radius 1 is 1.04 bits per heavy atom. The Labute approximate surface area is 152 Å². The fraction of sp³-hybridized carbons (Fsp3) is 0.286. The first-order chi connectivity index (χ1) is 12.8. The highest BCUT2D eigenvalue weighted by atomic mass is 16.5. The normalized spacial score (nSPS) is 21.9. The first-order valence-electron chi connectivity index (χ1n) is 9.00. The van der Waals surface area contributed by atoms with E-state index >= 15 is 0 Å². The number of nitrogens with one attached hydrogen (secondary N) is 1. The molecule has 0 spiro atoms. The third-order valence-electron chi connectivity index (χ3n) is 5.19. The maximum absolute atomic E-state index is 12.5. The first kappa shape index (κ1) is 15.6. The van der Waals surface area contributed by atoms with E-state index < -0.39 is 0 Å². The van der Waals surface area contributed by atoms with Crippen LogP contribution in [-0.4, -0.2) is 37.1 Å². The summed E-state index contributed by atoms with van der Waals surface area (Å²) in [7, 11) is 0. The van der Waals surface area contributed by atoms with Crippen molar-refractivity contribution < 1.29 is 14.3 Å². The Kier molecular flexibility index (Phi) is 3.76. The summed E-state index contributed by atoms with van der Waals surface area (Å²) in [6.45, 7) is 4.99. The van der Waals surface area contributed by atoms with Crippen LogP contribution in [-0.2, 0) is 27.4 Å². The lowest BCUT2D eigenvalue weighted by molar-refractivity contribution is -0.110. The average Bonchev–Trinajstić information content (AvgIpc) is 3.21. The molecule has 2 aromatic carbocycles. The number of ether oxygens (including phenoxy) is 2. The zero-order valence-electron chi connectivity index (χ0n) is 14.5. The second-order valence-corrected chi connectivity index (χ2v) is 6.87. The van der Waals surface area contributed by atoms with Gasteiger partial charge < -0.3 is 14.8 Å². The monoisotopic (exact) mass is 348 g/mol. The standard InChI is InChI=1S/C21H20N2O3/c24-21-19(17-3-1-2-4-18(17)22-21)20-16-6-5-14(11-15(16)13-26-20)12-23-7-9-25-10-8-23/h1-6,11H,7-10,12-13H2,(H,22,24)/b20-19+. The van der Waals surface area contributed by atoms with Gasteiger partial charge in [0.25, 0.3) is 5.91 Å². The van der Waals surface area contributed by atoms with Gasteiger partial charge >= 0.3 is 0 Å². The van der Waals surface area contributed by atoms with Crippen molar-refractivity contribution >= 4 is 22.9 Å². The molecule has 0 aliphatic carbocycles. The Balaban J connectivity index is 1.48. The lowest BCUT2D eigenvalue weighted by atomic mass is 9.99. The van der Waals surface area contributed by atoms with Crippen molar-refractivity contribution in [3.63, 3.8) is 0 Å². The summed E-state index contributed by atoms with van der Waals surface area (Å²) in [4.78, 5) is 14.9.